The van der Waals surface area contributed by atoms with Gasteiger partial charge < -0.3 is 10.2 Å². The van der Waals surface area contributed by atoms with Gasteiger partial charge in [0.1, 0.15) is 0 Å². The highest BCUT2D eigenvalue weighted by atomic mass is 32.1. The van der Waals surface area contributed by atoms with Crippen LogP contribution in [0.1, 0.15) is 84.1 Å². The van der Waals surface area contributed by atoms with Gasteiger partial charge in [-0.2, -0.15) is 0 Å². The standard InChI is InChI=1S/C21H36N2S/c1-5-8-10-16-23(17-11-9-6-2)21(24)22-20-14-12-19(13-15-20)18(4)7-3/h12-15,18H,5-11,16-17H2,1-4H3,(H,22,24). The Morgan fingerprint density at radius 2 is 1.50 bits per heavy atom. The molecule has 1 N–H and O–H groups in total. The van der Waals surface area contributed by atoms with Crippen molar-refractivity contribution in [3.05, 3.63) is 29.8 Å². The normalized spacial score (nSPS) is 12.0. The summed E-state index contributed by atoms with van der Waals surface area (Å²) in [6.07, 6.45) is 8.66. The van der Waals surface area contributed by atoms with Crippen molar-refractivity contribution in [2.24, 2.45) is 0 Å². The highest BCUT2D eigenvalue weighted by Crippen LogP contribution is 2.20. The molecule has 3 heteroatoms. The van der Waals surface area contributed by atoms with Gasteiger partial charge in [0.15, 0.2) is 5.11 Å². The van der Waals surface area contributed by atoms with Gasteiger partial charge in [-0.15, -0.1) is 0 Å². The molecule has 0 aliphatic carbocycles. The minimum atomic E-state index is 0.616. The Balaban J connectivity index is 2.61. The van der Waals surface area contributed by atoms with E-state index in [-0.39, 0.29) is 0 Å². The Morgan fingerprint density at radius 1 is 0.958 bits per heavy atom. The van der Waals surface area contributed by atoms with E-state index >= 15 is 0 Å². The van der Waals surface area contributed by atoms with E-state index in [1.807, 2.05) is 0 Å². The lowest BCUT2D eigenvalue weighted by Crippen LogP contribution is -2.36. The van der Waals surface area contributed by atoms with Gasteiger partial charge in [-0.1, -0.05) is 65.5 Å². The molecule has 1 aromatic rings. The maximum atomic E-state index is 5.68. The van der Waals surface area contributed by atoms with Crippen molar-refractivity contribution >= 4 is 23.0 Å². The maximum Gasteiger partial charge on any atom is 0.173 e. The highest BCUT2D eigenvalue weighted by molar-refractivity contribution is 7.80. The summed E-state index contributed by atoms with van der Waals surface area (Å²) in [5, 5.41) is 4.31. The summed E-state index contributed by atoms with van der Waals surface area (Å²) in [7, 11) is 0. The van der Waals surface area contributed by atoms with Crippen molar-refractivity contribution in [2.45, 2.75) is 78.6 Å². The fourth-order valence-electron chi connectivity index (χ4n) is 2.75. The van der Waals surface area contributed by atoms with Crippen LogP contribution in [0.2, 0.25) is 0 Å². The van der Waals surface area contributed by atoms with Crippen LogP contribution in [0.5, 0.6) is 0 Å². The number of hydrogen-bond donors (Lipinski definition) is 1. The van der Waals surface area contributed by atoms with Crippen molar-refractivity contribution in [1.29, 1.82) is 0 Å². The molecule has 0 aliphatic rings. The van der Waals surface area contributed by atoms with Gasteiger partial charge >= 0.3 is 0 Å². The molecule has 2 nitrogen and oxygen atoms in total. The van der Waals surface area contributed by atoms with E-state index in [9.17, 15) is 0 Å². The minimum Gasteiger partial charge on any atom is -0.349 e. The second-order valence-corrected chi connectivity index (χ2v) is 7.15. The molecule has 1 unspecified atom stereocenters. The molecule has 1 aromatic carbocycles. The number of benzene rings is 1. The number of unbranched alkanes of at least 4 members (excludes halogenated alkanes) is 4. The molecule has 0 aromatic heterocycles. The van der Waals surface area contributed by atoms with Crippen LogP contribution in [0, 0.1) is 0 Å². The molecule has 136 valence electrons. The zero-order chi connectivity index (χ0) is 17.8. The zero-order valence-electron chi connectivity index (χ0n) is 16.1. The second-order valence-electron chi connectivity index (χ2n) is 6.76. The number of thiocarbonyl (C=S) groups is 1. The molecule has 0 saturated heterocycles. The van der Waals surface area contributed by atoms with Crippen LogP contribution in [0.15, 0.2) is 24.3 Å². The van der Waals surface area contributed by atoms with Gasteiger partial charge in [0, 0.05) is 18.8 Å². The lowest BCUT2D eigenvalue weighted by atomic mass is 9.99. The van der Waals surface area contributed by atoms with Crippen molar-refractivity contribution in [3.8, 4) is 0 Å². The van der Waals surface area contributed by atoms with Gasteiger partial charge in [-0.3, -0.25) is 0 Å². The first kappa shape index (κ1) is 21.0. The molecule has 1 atom stereocenters. The van der Waals surface area contributed by atoms with E-state index in [0.717, 1.165) is 23.9 Å². The van der Waals surface area contributed by atoms with Crippen molar-refractivity contribution in [3.63, 3.8) is 0 Å². The fourth-order valence-corrected chi connectivity index (χ4v) is 3.05. The first-order valence-corrected chi connectivity index (χ1v) is 10.2. The largest absolute Gasteiger partial charge is 0.349 e. The lowest BCUT2D eigenvalue weighted by Gasteiger charge is -2.26. The first-order chi connectivity index (χ1) is 11.6. The van der Waals surface area contributed by atoms with E-state index in [2.05, 4.69) is 62.2 Å². The van der Waals surface area contributed by atoms with E-state index in [1.54, 1.807) is 0 Å². The zero-order valence-corrected chi connectivity index (χ0v) is 16.9. The number of nitrogens with zero attached hydrogens (tertiary/aromatic N) is 1. The van der Waals surface area contributed by atoms with E-state index in [4.69, 9.17) is 12.2 Å². The summed E-state index contributed by atoms with van der Waals surface area (Å²) in [4.78, 5) is 2.35. The molecule has 0 aliphatic heterocycles. The van der Waals surface area contributed by atoms with Gasteiger partial charge in [-0.05, 0) is 55.1 Å². The average molecular weight is 349 g/mol. The average Bonchev–Trinajstić information content (AvgIpc) is 2.60. The van der Waals surface area contributed by atoms with Crippen LogP contribution in [-0.2, 0) is 0 Å². The Morgan fingerprint density at radius 3 is 1.96 bits per heavy atom. The van der Waals surface area contributed by atoms with Gasteiger partial charge in [0.2, 0.25) is 0 Å². The minimum absolute atomic E-state index is 0.616. The van der Waals surface area contributed by atoms with Gasteiger partial charge in [0.05, 0.1) is 0 Å². The predicted octanol–water partition coefficient (Wildman–Crippen LogP) is 6.58. The number of rotatable bonds is 11. The molecule has 0 heterocycles. The third-order valence-corrected chi connectivity index (χ3v) is 5.05. The Hall–Kier alpha value is -1.09. The monoisotopic (exact) mass is 348 g/mol. The third-order valence-electron chi connectivity index (χ3n) is 4.69. The van der Waals surface area contributed by atoms with E-state index in [0.29, 0.717) is 5.92 Å². The van der Waals surface area contributed by atoms with Crippen molar-refractivity contribution in [1.82, 2.24) is 4.90 Å². The summed E-state index contributed by atoms with van der Waals surface area (Å²) in [5.74, 6) is 0.616. The quantitative estimate of drug-likeness (QED) is 0.359. The second kappa shape index (κ2) is 12.3. The molecule has 0 radical (unpaired) electrons. The number of anilines is 1. The molecule has 0 amide bonds. The summed E-state index contributed by atoms with van der Waals surface area (Å²) >= 11 is 5.68. The third kappa shape index (κ3) is 7.65. The maximum absolute atomic E-state index is 5.68. The molecule has 24 heavy (non-hydrogen) atoms. The smallest absolute Gasteiger partial charge is 0.173 e. The summed E-state index contributed by atoms with van der Waals surface area (Å²) < 4.78 is 0. The molecule has 0 spiro atoms. The Kier molecular flexibility index (Phi) is 10.7. The van der Waals surface area contributed by atoms with Crippen molar-refractivity contribution < 1.29 is 0 Å². The van der Waals surface area contributed by atoms with Gasteiger partial charge in [0.25, 0.3) is 0 Å². The van der Waals surface area contributed by atoms with E-state index in [1.165, 1.54) is 50.5 Å². The molecular weight excluding hydrogens is 312 g/mol. The Labute approximate surface area is 155 Å². The van der Waals surface area contributed by atoms with Crippen LogP contribution in [-0.4, -0.2) is 23.1 Å². The van der Waals surface area contributed by atoms with Crippen LogP contribution in [0.3, 0.4) is 0 Å². The summed E-state index contributed by atoms with van der Waals surface area (Å²) in [6, 6.07) is 8.75. The Bertz CT molecular complexity index is 445. The highest BCUT2D eigenvalue weighted by Gasteiger charge is 2.10. The van der Waals surface area contributed by atoms with Crippen molar-refractivity contribution in [2.75, 3.05) is 18.4 Å². The molecule has 0 saturated carbocycles. The fraction of sp³-hybridized carbons (Fsp3) is 0.667. The van der Waals surface area contributed by atoms with Crippen LogP contribution in [0.4, 0.5) is 5.69 Å². The summed E-state index contributed by atoms with van der Waals surface area (Å²) in [5.41, 5.74) is 2.50. The topological polar surface area (TPSA) is 15.3 Å². The molecule has 0 fully saturated rings. The molecule has 0 bridgehead atoms. The first-order valence-electron chi connectivity index (χ1n) is 9.78. The predicted molar refractivity (Wildman–Crippen MR) is 112 cm³/mol. The number of hydrogen-bond acceptors (Lipinski definition) is 1. The summed E-state index contributed by atoms with van der Waals surface area (Å²) in [6.45, 7) is 11.1. The number of nitrogens with one attached hydrogen (secondary N) is 1. The van der Waals surface area contributed by atoms with E-state index < -0.39 is 0 Å². The molecule has 1 rings (SSSR count). The van der Waals surface area contributed by atoms with Crippen LogP contribution in [0.25, 0.3) is 0 Å². The SMILES string of the molecule is CCCCCN(CCCCC)C(=S)Nc1ccc(C(C)CC)cc1. The van der Waals surface area contributed by atoms with Crippen LogP contribution < -0.4 is 5.32 Å². The lowest BCUT2D eigenvalue weighted by molar-refractivity contribution is 0.395. The molecular formula is C21H36N2S. The van der Waals surface area contributed by atoms with Crippen LogP contribution >= 0.6 is 12.2 Å². The van der Waals surface area contributed by atoms with Gasteiger partial charge in [-0.25, -0.2) is 0 Å².